The number of unbranched alkanes of at least 4 members (excludes halogenated alkanes) is 3. The van der Waals surface area contributed by atoms with Gasteiger partial charge in [-0.3, -0.25) is 9.59 Å². The molecule has 1 aliphatic carbocycles. The summed E-state index contributed by atoms with van der Waals surface area (Å²) in [4.78, 5) is 27.6. The van der Waals surface area contributed by atoms with Crippen molar-refractivity contribution in [3.8, 4) is 22.3 Å². The fraction of sp³-hybridized carbons (Fsp3) is 0.256. The van der Waals surface area contributed by atoms with Gasteiger partial charge in [0.05, 0.1) is 14.2 Å². The number of carbonyl (C=O) groups excluding carboxylic acids is 2. The summed E-state index contributed by atoms with van der Waals surface area (Å²) in [5.74, 6) is -1.16. The molecule has 250 valence electrons. The lowest BCUT2D eigenvalue weighted by Gasteiger charge is -2.33. The minimum atomic E-state index is -2.75. The monoisotopic (exact) mass is 686 g/mol. The average Bonchev–Trinajstić information content (AvgIpc) is 3.57. The lowest BCUT2D eigenvalue weighted by Crippen LogP contribution is -2.42. The van der Waals surface area contributed by atoms with Crippen molar-refractivity contribution < 1.29 is 19.1 Å². The van der Waals surface area contributed by atoms with Gasteiger partial charge in [-0.05, 0) is 62.4 Å². The molecule has 0 saturated heterocycles. The summed E-state index contributed by atoms with van der Waals surface area (Å²) < 4.78 is 10.8. The van der Waals surface area contributed by atoms with E-state index in [0.29, 0.717) is 0 Å². The standard InChI is InChI=1S/C43H43O4PS/c1-4-5-6-19-28-35-38(31-20-11-7-12-21-31)36-29-43(41(44)46-2,42(45)47-3)30-37(36)39(32-22-13-8-14-23-32)40(35)48(49,33-24-15-9-16-25-33)34-26-17-10-18-27-34/h7-18,20-27H,4-6,19,28-30H2,1-3H3. The van der Waals surface area contributed by atoms with E-state index in [4.69, 9.17) is 21.3 Å². The van der Waals surface area contributed by atoms with Crippen molar-refractivity contribution >= 4 is 45.7 Å². The van der Waals surface area contributed by atoms with Crippen LogP contribution in [-0.4, -0.2) is 26.2 Å². The van der Waals surface area contributed by atoms with Crippen molar-refractivity contribution in [2.24, 2.45) is 5.41 Å². The highest BCUT2D eigenvalue weighted by Crippen LogP contribution is 2.54. The highest BCUT2D eigenvalue weighted by molar-refractivity contribution is 8.25. The minimum absolute atomic E-state index is 0.160. The maximum atomic E-state index is 13.8. The third kappa shape index (κ3) is 6.31. The molecule has 0 amide bonds. The zero-order valence-electron chi connectivity index (χ0n) is 28.5. The quantitative estimate of drug-likeness (QED) is 0.0572. The number of hydrogen-bond donors (Lipinski definition) is 0. The molecule has 0 saturated carbocycles. The van der Waals surface area contributed by atoms with Crippen LogP contribution in [0.4, 0.5) is 0 Å². The van der Waals surface area contributed by atoms with Crippen molar-refractivity contribution in [3.63, 3.8) is 0 Å². The first-order valence-electron chi connectivity index (χ1n) is 17.1. The molecule has 0 spiro atoms. The second kappa shape index (κ2) is 15.1. The van der Waals surface area contributed by atoms with Gasteiger partial charge in [-0.15, -0.1) is 0 Å². The van der Waals surface area contributed by atoms with E-state index in [1.165, 1.54) is 19.8 Å². The van der Waals surface area contributed by atoms with Gasteiger partial charge in [0.2, 0.25) is 0 Å². The number of hydrogen-bond acceptors (Lipinski definition) is 5. The van der Waals surface area contributed by atoms with Gasteiger partial charge in [0.1, 0.15) is 0 Å². The Balaban J connectivity index is 1.84. The Morgan fingerprint density at radius 2 is 1.06 bits per heavy atom. The number of fused-ring (bicyclic) bond motifs is 1. The number of ether oxygens (including phenoxy) is 2. The molecule has 49 heavy (non-hydrogen) atoms. The van der Waals surface area contributed by atoms with Crippen LogP contribution >= 0.6 is 6.04 Å². The largest absolute Gasteiger partial charge is 0.468 e. The fourth-order valence-electron chi connectivity index (χ4n) is 7.59. The fourth-order valence-corrected chi connectivity index (χ4v) is 12.1. The molecule has 1 aliphatic rings. The van der Waals surface area contributed by atoms with Gasteiger partial charge in [0.25, 0.3) is 0 Å². The topological polar surface area (TPSA) is 52.6 Å². The van der Waals surface area contributed by atoms with Crippen LogP contribution in [0.2, 0.25) is 0 Å². The van der Waals surface area contributed by atoms with E-state index in [2.05, 4.69) is 104 Å². The van der Waals surface area contributed by atoms with Crippen molar-refractivity contribution in [2.45, 2.75) is 51.9 Å². The Kier molecular flexibility index (Phi) is 10.6. The lowest BCUT2D eigenvalue weighted by atomic mass is 9.83. The van der Waals surface area contributed by atoms with Crippen molar-refractivity contribution in [1.29, 1.82) is 0 Å². The molecule has 6 heteroatoms. The molecule has 0 aliphatic heterocycles. The van der Waals surface area contributed by atoms with Crippen LogP contribution in [0.15, 0.2) is 121 Å². The molecule has 0 atom stereocenters. The summed E-state index contributed by atoms with van der Waals surface area (Å²) in [6, 6.07) is 39.1. The van der Waals surface area contributed by atoms with Gasteiger partial charge < -0.3 is 9.47 Å². The van der Waals surface area contributed by atoms with Crippen molar-refractivity contribution in [3.05, 3.63) is 138 Å². The highest BCUT2D eigenvalue weighted by Gasteiger charge is 2.55. The molecule has 0 fully saturated rings. The predicted molar refractivity (Wildman–Crippen MR) is 205 cm³/mol. The molecule has 5 aromatic rings. The molecule has 0 N–H and O–H groups in total. The summed E-state index contributed by atoms with van der Waals surface area (Å²) in [5, 5.41) is 3.35. The maximum absolute atomic E-state index is 13.8. The van der Waals surface area contributed by atoms with Crippen LogP contribution in [0.3, 0.4) is 0 Å². The molecule has 0 heterocycles. The number of carbonyl (C=O) groups is 2. The molecule has 0 unspecified atom stereocenters. The van der Waals surface area contributed by atoms with Crippen molar-refractivity contribution in [1.82, 2.24) is 0 Å². The average molecular weight is 687 g/mol. The lowest BCUT2D eigenvalue weighted by molar-refractivity contribution is -0.168. The SMILES string of the molecule is CCCCCCc1c(-c2ccccc2)c2c(c(-c3ccccc3)c1P(=S)(c1ccccc1)c1ccccc1)CC(C(=O)OC)(C(=O)OC)C2. The maximum Gasteiger partial charge on any atom is 0.323 e. The highest BCUT2D eigenvalue weighted by atomic mass is 32.4. The molecule has 0 bridgehead atoms. The number of methoxy groups -OCH3 is 2. The minimum Gasteiger partial charge on any atom is -0.468 e. The first kappa shape index (κ1) is 34.5. The van der Waals surface area contributed by atoms with Crippen molar-refractivity contribution in [2.75, 3.05) is 14.2 Å². The van der Waals surface area contributed by atoms with Crippen LogP contribution in [-0.2, 0) is 50.1 Å². The summed E-state index contributed by atoms with van der Waals surface area (Å²) in [6.45, 7) is 2.23. The van der Waals surface area contributed by atoms with Gasteiger partial charge >= 0.3 is 11.9 Å². The van der Waals surface area contributed by atoms with Crippen LogP contribution in [0.5, 0.6) is 0 Å². The normalized spacial score (nSPS) is 13.4. The predicted octanol–water partition coefficient (Wildman–Crippen LogP) is 8.33. The van der Waals surface area contributed by atoms with E-state index in [9.17, 15) is 9.59 Å². The smallest absolute Gasteiger partial charge is 0.323 e. The van der Waals surface area contributed by atoms with Crippen LogP contribution in [0, 0.1) is 5.41 Å². The van der Waals surface area contributed by atoms with Crippen LogP contribution < -0.4 is 15.9 Å². The first-order valence-corrected chi connectivity index (χ1v) is 19.9. The molecule has 0 radical (unpaired) electrons. The second-order valence-electron chi connectivity index (χ2n) is 12.8. The molecule has 6 rings (SSSR count). The van der Waals surface area contributed by atoms with Gasteiger partial charge in [0.15, 0.2) is 5.41 Å². The van der Waals surface area contributed by atoms with E-state index in [1.807, 2.05) is 24.3 Å². The summed E-state index contributed by atoms with van der Waals surface area (Å²) in [5.41, 5.74) is 5.85. The van der Waals surface area contributed by atoms with E-state index in [-0.39, 0.29) is 12.8 Å². The third-order valence-electron chi connectivity index (χ3n) is 9.86. The number of benzene rings is 5. The Hall–Kier alpha value is -4.31. The second-order valence-corrected chi connectivity index (χ2v) is 17.1. The van der Waals surface area contributed by atoms with E-state index in [1.54, 1.807) is 0 Å². The number of rotatable bonds is 12. The van der Waals surface area contributed by atoms with Gasteiger partial charge in [-0.2, -0.15) is 0 Å². The van der Waals surface area contributed by atoms with Gasteiger partial charge in [-0.25, -0.2) is 0 Å². The van der Waals surface area contributed by atoms with E-state index >= 15 is 0 Å². The molecular weight excluding hydrogens is 644 g/mol. The van der Waals surface area contributed by atoms with E-state index < -0.39 is 23.4 Å². The Morgan fingerprint density at radius 3 is 1.51 bits per heavy atom. The Labute approximate surface area is 295 Å². The van der Waals surface area contributed by atoms with E-state index in [0.717, 1.165) is 81.4 Å². The summed E-state index contributed by atoms with van der Waals surface area (Å²) in [6.07, 6.45) is 5.52. The zero-order valence-corrected chi connectivity index (χ0v) is 30.2. The Bertz CT molecular complexity index is 1920. The summed E-state index contributed by atoms with van der Waals surface area (Å²) >= 11 is 7.19. The van der Waals surface area contributed by atoms with Gasteiger partial charge in [0, 0.05) is 24.2 Å². The molecular formula is C43H43O4PS. The molecule has 0 aromatic heterocycles. The van der Waals surface area contributed by atoms with Gasteiger partial charge in [-0.1, -0.05) is 159 Å². The molecule has 5 aromatic carbocycles. The number of esters is 2. The first-order chi connectivity index (χ1) is 23.9. The Morgan fingerprint density at radius 1 is 0.633 bits per heavy atom. The summed E-state index contributed by atoms with van der Waals surface area (Å²) in [7, 11) is 2.70. The zero-order chi connectivity index (χ0) is 34.4. The van der Waals surface area contributed by atoms with Crippen LogP contribution in [0.1, 0.15) is 49.3 Å². The third-order valence-corrected chi connectivity index (χ3v) is 14.8. The van der Waals surface area contributed by atoms with Crippen LogP contribution in [0.25, 0.3) is 22.3 Å². The molecule has 4 nitrogen and oxygen atoms in total.